The number of carbonyl (C=O) groups excluding carboxylic acids is 3. The van der Waals surface area contributed by atoms with Crippen molar-refractivity contribution >= 4 is 17.3 Å². The van der Waals surface area contributed by atoms with Gasteiger partial charge in [-0.05, 0) is 13.8 Å². The van der Waals surface area contributed by atoms with E-state index in [1.165, 1.54) is 26.0 Å². The predicted octanol–water partition coefficient (Wildman–Crippen LogP) is 1.05. The van der Waals surface area contributed by atoms with E-state index in [1.54, 1.807) is 12.1 Å². The number of ketones is 3. The summed E-state index contributed by atoms with van der Waals surface area (Å²) in [5.74, 6) is -3.17. The Morgan fingerprint density at radius 2 is 1.64 bits per heavy atom. The van der Waals surface area contributed by atoms with E-state index in [1.807, 2.05) is 0 Å². The maximum atomic E-state index is 13.3. The Kier molecular flexibility index (Phi) is 5.77. The molecular weight excluding hydrogens is 472 g/mol. The highest BCUT2D eigenvalue weighted by atomic mass is 16.7. The van der Waals surface area contributed by atoms with Crippen molar-refractivity contribution in [2.75, 3.05) is 0 Å². The molecular formula is C26H26O10. The van der Waals surface area contributed by atoms with E-state index >= 15 is 0 Å². The maximum absolute atomic E-state index is 13.3. The molecule has 0 amide bonds. The smallest absolute Gasteiger partial charge is 0.198 e. The zero-order valence-electron chi connectivity index (χ0n) is 19.6. The molecule has 190 valence electrons. The summed E-state index contributed by atoms with van der Waals surface area (Å²) in [4.78, 5) is 39.0. The number of aliphatic hydroxyl groups is 3. The molecule has 5 N–H and O–H groups in total. The molecule has 2 aromatic rings. The standard InChI is InChI=1S/C26H26O10/c1-10-21(29)15(28)7-17(35-10)36-16-9-26(34,11(2)27)8-14-18(16)25(33)20-19(24(14)32)22(30)12-5-3-4-6-13(12)23(20)31/h3-6,10,15-17,21,28-29,32-34H,7-9H2,1-2H3/t10-,15-,16+,17-,21+,26+/m1/s1. The minimum Gasteiger partial charge on any atom is -0.507 e. The van der Waals surface area contributed by atoms with Crippen molar-refractivity contribution in [3.63, 3.8) is 0 Å². The molecule has 0 saturated carbocycles. The molecule has 2 aliphatic carbocycles. The molecule has 1 heterocycles. The summed E-state index contributed by atoms with van der Waals surface area (Å²) in [6, 6.07) is 6.03. The Balaban J connectivity index is 1.66. The van der Waals surface area contributed by atoms with E-state index in [0.29, 0.717) is 0 Å². The highest BCUT2D eigenvalue weighted by molar-refractivity contribution is 6.30. The Bertz CT molecular complexity index is 1290. The van der Waals surface area contributed by atoms with E-state index in [-0.39, 0.29) is 40.7 Å². The van der Waals surface area contributed by atoms with Gasteiger partial charge in [0, 0.05) is 41.5 Å². The van der Waals surface area contributed by atoms with Crippen molar-refractivity contribution in [2.24, 2.45) is 0 Å². The first kappa shape index (κ1) is 24.5. The Labute approximate surface area is 205 Å². The van der Waals surface area contributed by atoms with Gasteiger partial charge in [-0.1, -0.05) is 24.3 Å². The Hall–Kier alpha value is -3.15. The van der Waals surface area contributed by atoms with E-state index in [9.17, 15) is 39.9 Å². The molecule has 0 radical (unpaired) electrons. The molecule has 1 fully saturated rings. The molecule has 2 aromatic carbocycles. The van der Waals surface area contributed by atoms with Crippen LogP contribution < -0.4 is 0 Å². The zero-order valence-corrected chi connectivity index (χ0v) is 19.6. The zero-order chi connectivity index (χ0) is 26.1. The maximum Gasteiger partial charge on any atom is 0.198 e. The van der Waals surface area contributed by atoms with Gasteiger partial charge in [0.05, 0.1) is 29.4 Å². The van der Waals surface area contributed by atoms with Crippen LogP contribution in [0.2, 0.25) is 0 Å². The molecule has 3 aliphatic rings. The van der Waals surface area contributed by atoms with Crippen LogP contribution in [0, 0.1) is 0 Å². The van der Waals surface area contributed by atoms with Crippen LogP contribution in [0.3, 0.4) is 0 Å². The second-order valence-electron chi connectivity index (χ2n) is 9.70. The molecule has 36 heavy (non-hydrogen) atoms. The van der Waals surface area contributed by atoms with E-state index < -0.39 is 77.1 Å². The lowest BCUT2D eigenvalue weighted by Crippen LogP contribution is -2.49. The number of carbonyl (C=O) groups is 3. The number of fused-ring (bicyclic) bond motifs is 3. The van der Waals surface area contributed by atoms with Gasteiger partial charge in [-0.2, -0.15) is 0 Å². The Morgan fingerprint density at radius 1 is 1.06 bits per heavy atom. The van der Waals surface area contributed by atoms with E-state index in [4.69, 9.17) is 9.47 Å². The van der Waals surface area contributed by atoms with Gasteiger partial charge < -0.3 is 35.0 Å². The van der Waals surface area contributed by atoms with Gasteiger partial charge in [-0.25, -0.2) is 0 Å². The van der Waals surface area contributed by atoms with Crippen molar-refractivity contribution in [3.8, 4) is 11.5 Å². The number of phenols is 2. The first-order valence-electron chi connectivity index (χ1n) is 11.6. The topological polar surface area (TPSA) is 171 Å². The van der Waals surface area contributed by atoms with Crippen LogP contribution in [0.4, 0.5) is 0 Å². The highest BCUT2D eigenvalue weighted by Crippen LogP contribution is 2.52. The third-order valence-electron chi connectivity index (χ3n) is 7.42. The van der Waals surface area contributed by atoms with Gasteiger partial charge in [0.1, 0.15) is 23.2 Å². The van der Waals surface area contributed by atoms with Gasteiger partial charge in [-0.3, -0.25) is 14.4 Å². The van der Waals surface area contributed by atoms with Crippen LogP contribution in [0.25, 0.3) is 0 Å². The third-order valence-corrected chi connectivity index (χ3v) is 7.42. The molecule has 10 heteroatoms. The van der Waals surface area contributed by atoms with Crippen LogP contribution in [-0.2, 0) is 20.7 Å². The summed E-state index contributed by atoms with van der Waals surface area (Å²) in [5.41, 5.74) is -2.80. The van der Waals surface area contributed by atoms with Gasteiger partial charge in [0.15, 0.2) is 23.6 Å². The number of rotatable bonds is 3. The van der Waals surface area contributed by atoms with Crippen molar-refractivity contribution in [1.29, 1.82) is 0 Å². The van der Waals surface area contributed by atoms with E-state index in [0.717, 1.165) is 0 Å². The fraction of sp³-hybridized carbons (Fsp3) is 0.423. The second kappa shape index (κ2) is 8.46. The van der Waals surface area contributed by atoms with Crippen molar-refractivity contribution in [3.05, 3.63) is 57.6 Å². The number of ether oxygens (including phenoxy) is 2. The lowest BCUT2D eigenvalue weighted by molar-refractivity contribution is -0.265. The highest BCUT2D eigenvalue weighted by Gasteiger charge is 2.49. The number of aliphatic hydroxyl groups excluding tert-OH is 2. The molecule has 1 saturated heterocycles. The molecule has 10 nitrogen and oxygen atoms in total. The van der Waals surface area contributed by atoms with Crippen LogP contribution >= 0.6 is 0 Å². The summed E-state index contributed by atoms with van der Waals surface area (Å²) in [6.07, 6.45) is -6.36. The summed E-state index contributed by atoms with van der Waals surface area (Å²) < 4.78 is 11.6. The van der Waals surface area contributed by atoms with Crippen molar-refractivity contribution < 1.29 is 49.4 Å². The number of benzene rings is 2. The fourth-order valence-electron chi connectivity index (χ4n) is 5.36. The van der Waals surface area contributed by atoms with Gasteiger partial charge in [0.25, 0.3) is 0 Å². The van der Waals surface area contributed by atoms with Crippen LogP contribution in [-0.4, -0.2) is 73.1 Å². The molecule has 1 aliphatic heterocycles. The van der Waals surface area contributed by atoms with E-state index in [2.05, 4.69) is 0 Å². The van der Waals surface area contributed by atoms with Crippen molar-refractivity contribution in [1.82, 2.24) is 0 Å². The van der Waals surface area contributed by atoms with Crippen LogP contribution in [0.1, 0.15) is 75.8 Å². The second-order valence-corrected chi connectivity index (χ2v) is 9.70. The van der Waals surface area contributed by atoms with Crippen molar-refractivity contribution in [2.45, 2.75) is 69.4 Å². The molecule has 0 spiro atoms. The lowest BCUT2D eigenvalue weighted by atomic mass is 9.72. The van der Waals surface area contributed by atoms with Gasteiger partial charge in [-0.15, -0.1) is 0 Å². The van der Waals surface area contributed by atoms with Crippen LogP contribution in [0.15, 0.2) is 24.3 Å². The first-order chi connectivity index (χ1) is 16.9. The molecule has 5 rings (SSSR count). The molecule has 0 bridgehead atoms. The normalized spacial score (nSPS) is 31.4. The molecule has 0 aromatic heterocycles. The quantitative estimate of drug-likeness (QED) is 0.329. The molecule has 6 atom stereocenters. The summed E-state index contributed by atoms with van der Waals surface area (Å²) in [5, 5.41) is 53.8. The summed E-state index contributed by atoms with van der Waals surface area (Å²) in [7, 11) is 0. The minimum absolute atomic E-state index is 0.0467. The SMILES string of the molecule is CC(=O)[C@]1(O)Cc2c(O)c3c(c(O)c2[C@@H](O[C@@H]2C[C@@H](O)[C@@H](O)[C@@H](C)O2)C1)C(=O)c1ccccc1C3=O. The average molecular weight is 498 g/mol. The van der Waals surface area contributed by atoms with Gasteiger partial charge >= 0.3 is 0 Å². The fourth-order valence-corrected chi connectivity index (χ4v) is 5.36. The number of hydrogen-bond donors (Lipinski definition) is 5. The number of Topliss-reactive ketones (excluding diaryl/α,β-unsaturated/α-hetero) is 1. The molecule has 0 unspecified atom stereocenters. The first-order valence-corrected chi connectivity index (χ1v) is 11.6. The number of hydrogen-bond acceptors (Lipinski definition) is 10. The Morgan fingerprint density at radius 3 is 2.19 bits per heavy atom. The number of aromatic hydroxyl groups is 2. The largest absolute Gasteiger partial charge is 0.507 e. The monoisotopic (exact) mass is 498 g/mol. The van der Waals surface area contributed by atoms with Gasteiger partial charge in [0.2, 0.25) is 0 Å². The summed E-state index contributed by atoms with van der Waals surface area (Å²) >= 11 is 0. The summed E-state index contributed by atoms with van der Waals surface area (Å²) in [6.45, 7) is 2.70. The average Bonchev–Trinajstić information content (AvgIpc) is 2.82. The predicted molar refractivity (Wildman–Crippen MR) is 122 cm³/mol. The van der Waals surface area contributed by atoms with Crippen LogP contribution in [0.5, 0.6) is 11.5 Å². The third kappa shape index (κ3) is 3.56. The number of phenolic OH excluding ortho intramolecular Hbond substituents is 2. The lowest BCUT2D eigenvalue weighted by Gasteiger charge is -2.41. The minimum atomic E-state index is -2.01.